The molecule has 0 amide bonds. The van der Waals surface area contributed by atoms with Crippen LogP contribution >= 0.6 is 46.0 Å². The smallest absolute Gasteiger partial charge is 0.0963 e. The van der Waals surface area contributed by atoms with Crippen LogP contribution in [0.4, 0.5) is 0 Å². The number of thioether (sulfide) groups is 1. The second-order valence-corrected chi connectivity index (χ2v) is 4.69. The molecule has 0 unspecified atom stereocenters. The number of rotatable bonds is 3. The van der Waals surface area contributed by atoms with E-state index in [2.05, 4.69) is 22.6 Å². The van der Waals surface area contributed by atoms with Gasteiger partial charge in [-0.3, -0.25) is 0 Å². The highest BCUT2D eigenvalue weighted by Crippen LogP contribution is 2.26. The van der Waals surface area contributed by atoms with Gasteiger partial charge in [-0.15, -0.1) is 0 Å². The van der Waals surface area contributed by atoms with Gasteiger partial charge in [0.05, 0.1) is 5.94 Å². The highest BCUT2D eigenvalue weighted by Gasteiger charge is 1.99. The van der Waals surface area contributed by atoms with Crippen molar-refractivity contribution in [2.45, 2.75) is 4.90 Å². The van der Waals surface area contributed by atoms with Gasteiger partial charge in [-0.25, -0.2) is 0 Å². The van der Waals surface area contributed by atoms with Crippen molar-refractivity contribution in [1.82, 2.24) is 0 Å². The van der Waals surface area contributed by atoms with E-state index < -0.39 is 0 Å². The minimum absolute atomic E-state index is 0.678. The van der Waals surface area contributed by atoms with E-state index in [1.54, 1.807) is 18.9 Å². The van der Waals surface area contributed by atoms with E-state index in [1.165, 1.54) is 8.47 Å². The normalized spacial score (nSPS) is 10.2. The zero-order valence-corrected chi connectivity index (χ0v) is 10.2. The first-order chi connectivity index (χ1) is 5.74. The minimum Gasteiger partial charge on any atom is -0.374 e. The summed E-state index contributed by atoms with van der Waals surface area (Å²) in [4.78, 5) is 1.21. The molecule has 1 aromatic rings. The van der Waals surface area contributed by atoms with Crippen LogP contribution in [0.1, 0.15) is 0 Å². The summed E-state index contributed by atoms with van der Waals surface area (Å²) in [5, 5.41) is 0.779. The number of methoxy groups -OCH3 is 1. The summed E-state index contributed by atoms with van der Waals surface area (Å²) in [5.41, 5.74) is 0. The fourth-order valence-electron chi connectivity index (χ4n) is 0.715. The average molecular weight is 315 g/mol. The van der Waals surface area contributed by atoms with Gasteiger partial charge < -0.3 is 4.74 Å². The van der Waals surface area contributed by atoms with Crippen LogP contribution in [0.25, 0.3) is 0 Å². The molecule has 1 rings (SSSR count). The zero-order chi connectivity index (χ0) is 8.97. The Balaban J connectivity index is 2.72. The van der Waals surface area contributed by atoms with E-state index in [1.807, 2.05) is 18.2 Å². The standard InChI is InChI=1S/C8H8ClIOS/c1-11-5-12-8-3-2-6(9)4-7(8)10/h2-4H,5H2,1H3. The zero-order valence-electron chi connectivity index (χ0n) is 6.51. The van der Waals surface area contributed by atoms with Gasteiger partial charge in [0.15, 0.2) is 0 Å². The van der Waals surface area contributed by atoms with Crippen molar-refractivity contribution in [3.05, 3.63) is 26.8 Å². The summed E-state index contributed by atoms with van der Waals surface area (Å²) in [6.45, 7) is 0. The molecular formula is C8H8ClIOS. The number of hydrogen-bond donors (Lipinski definition) is 0. The Kier molecular flexibility index (Phi) is 4.71. The van der Waals surface area contributed by atoms with Crippen LogP contribution in [-0.4, -0.2) is 13.0 Å². The average Bonchev–Trinajstić information content (AvgIpc) is 2.03. The monoisotopic (exact) mass is 314 g/mol. The third kappa shape index (κ3) is 3.12. The Labute approximate surface area is 95.0 Å². The predicted octanol–water partition coefficient (Wildman–Crippen LogP) is 3.64. The van der Waals surface area contributed by atoms with E-state index >= 15 is 0 Å². The summed E-state index contributed by atoms with van der Waals surface area (Å²) in [6, 6.07) is 5.84. The van der Waals surface area contributed by atoms with Gasteiger partial charge in [-0.05, 0) is 40.8 Å². The van der Waals surface area contributed by atoms with Gasteiger partial charge in [-0.1, -0.05) is 23.4 Å². The van der Waals surface area contributed by atoms with Crippen LogP contribution in [-0.2, 0) is 4.74 Å². The van der Waals surface area contributed by atoms with Gasteiger partial charge in [0.25, 0.3) is 0 Å². The Morgan fingerprint density at radius 3 is 2.92 bits per heavy atom. The lowest BCUT2D eigenvalue weighted by Gasteiger charge is -2.02. The second kappa shape index (κ2) is 5.32. The molecule has 0 aliphatic heterocycles. The van der Waals surface area contributed by atoms with Crippen molar-refractivity contribution in [3.63, 3.8) is 0 Å². The first-order valence-electron chi connectivity index (χ1n) is 3.31. The molecule has 0 N–H and O–H groups in total. The maximum Gasteiger partial charge on any atom is 0.0963 e. The van der Waals surface area contributed by atoms with E-state index in [0.717, 1.165) is 5.02 Å². The predicted molar refractivity (Wildman–Crippen MR) is 61.9 cm³/mol. The summed E-state index contributed by atoms with van der Waals surface area (Å²) >= 11 is 9.74. The van der Waals surface area contributed by atoms with Gasteiger partial charge in [-0.2, -0.15) is 0 Å². The quantitative estimate of drug-likeness (QED) is 0.478. The van der Waals surface area contributed by atoms with Crippen LogP contribution < -0.4 is 0 Å². The first-order valence-corrected chi connectivity index (χ1v) is 5.75. The SMILES string of the molecule is COCSc1ccc(Cl)cc1I. The Morgan fingerprint density at radius 2 is 2.33 bits per heavy atom. The number of ether oxygens (including phenoxy) is 1. The maximum absolute atomic E-state index is 5.81. The van der Waals surface area contributed by atoms with E-state index in [0.29, 0.717) is 5.94 Å². The van der Waals surface area contributed by atoms with E-state index in [-0.39, 0.29) is 0 Å². The highest BCUT2D eigenvalue weighted by atomic mass is 127. The van der Waals surface area contributed by atoms with Gasteiger partial charge in [0.1, 0.15) is 0 Å². The van der Waals surface area contributed by atoms with Crippen LogP contribution in [0.2, 0.25) is 5.02 Å². The summed E-state index contributed by atoms with van der Waals surface area (Å²) < 4.78 is 6.13. The third-order valence-corrected chi connectivity index (χ3v) is 3.74. The van der Waals surface area contributed by atoms with Crippen molar-refractivity contribution < 1.29 is 4.74 Å². The Hall–Kier alpha value is 0.550. The molecule has 1 aromatic carbocycles. The second-order valence-electron chi connectivity index (χ2n) is 2.13. The molecule has 4 heteroatoms. The molecule has 0 fully saturated rings. The van der Waals surface area contributed by atoms with Crippen molar-refractivity contribution in [2.75, 3.05) is 13.0 Å². The molecule has 0 saturated carbocycles. The lowest BCUT2D eigenvalue weighted by molar-refractivity contribution is 0.259. The molecule has 0 aromatic heterocycles. The van der Waals surface area contributed by atoms with Crippen molar-refractivity contribution in [3.8, 4) is 0 Å². The fraction of sp³-hybridized carbons (Fsp3) is 0.250. The number of benzene rings is 1. The van der Waals surface area contributed by atoms with Crippen LogP contribution in [0.15, 0.2) is 23.1 Å². The Morgan fingerprint density at radius 1 is 1.58 bits per heavy atom. The first kappa shape index (κ1) is 10.6. The van der Waals surface area contributed by atoms with E-state index in [4.69, 9.17) is 16.3 Å². The lowest BCUT2D eigenvalue weighted by Crippen LogP contribution is -1.84. The van der Waals surface area contributed by atoms with Gasteiger partial charge in [0.2, 0.25) is 0 Å². The molecule has 12 heavy (non-hydrogen) atoms. The van der Waals surface area contributed by atoms with Crippen LogP contribution in [0, 0.1) is 3.57 Å². The summed E-state index contributed by atoms with van der Waals surface area (Å²) in [6.07, 6.45) is 0. The molecular weight excluding hydrogens is 307 g/mol. The summed E-state index contributed by atoms with van der Waals surface area (Å²) in [7, 11) is 1.69. The molecule has 0 heterocycles. The lowest BCUT2D eigenvalue weighted by atomic mass is 10.4. The fourth-order valence-corrected chi connectivity index (χ4v) is 2.66. The van der Waals surface area contributed by atoms with Gasteiger partial charge in [0, 0.05) is 20.6 Å². The molecule has 0 atom stereocenters. The van der Waals surface area contributed by atoms with Gasteiger partial charge >= 0.3 is 0 Å². The molecule has 0 saturated heterocycles. The maximum atomic E-state index is 5.81. The van der Waals surface area contributed by atoms with Crippen molar-refractivity contribution >= 4 is 46.0 Å². The minimum atomic E-state index is 0.678. The molecule has 0 bridgehead atoms. The van der Waals surface area contributed by atoms with Crippen LogP contribution in [0.5, 0.6) is 0 Å². The van der Waals surface area contributed by atoms with Crippen molar-refractivity contribution in [2.24, 2.45) is 0 Å². The molecule has 0 aliphatic rings. The number of hydrogen-bond acceptors (Lipinski definition) is 2. The Bertz CT molecular complexity index is 267. The summed E-state index contributed by atoms with van der Waals surface area (Å²) in [5.74, 6) is 0.678. The van der Waals surface area contributed by atoms with E-state index in [9.17, 15) is 0 Å². The molecule has 0 aliphatic carbocycles. The number of halogens is 2. The van der Waals surface area contributed by atoms with Crippen molar-refractivity contribution in [1.29, 1.82) is 0 Å². The molecule has 66 valence electrons. The molecule has 1 nitrogen and oxygen atoms in total. The molecule has 0 spiro atoms. The topological polar surface area (TPSA) is 9.23 Å². The highest BCUT2D eigenvalue weighted by molar-refractivity contribution is 14.1. The van der Waals surface area contributed by atoms with Crippen LogP contribution in [0.3, 0.4) is 0 Å². The third-order valence-electron chi connectivity index (χ3n) is 1.23. The largest absolute Gasteiger partial charge is 0.374 e. The molecule has 0 radical (unpaired) electrons.